The molecule has 7 heteroatoms. The first kappa shape index (κ1) is 17.8. The molecule has 0 saturated carbocycles. The van der Waals surface area contributed by atoms with Crippen molar-refractivity contribution in [1.82, 2.24) is 15.3 Å². The Morgan fingerprint density at radius 1 is 1.19 bits per heavy atom. The smallest absolute Gasteiger partial charge is 0.256 e. The third-order valence-electron chi connectivity index (χ3n) is 3.73. The highest BCUT2D eigenvalue weighted by Crippen LogP contribution is 2.21. The van der Waals surface area contributed by atoms with E-state index in [1.807, 2.05) is 24.3 Å². The Balaban J connectivity index is 1.73. The maximum absolute atomic E-state index is 13.8. The lowest BCUT2D eigenvalue weighted by Crippen LogP contribution is -2.24. The summed E-state index contributed by atoms with van der Waals surface area (Å²) >= 11 is 5.90. The van der Waals surface area contributed by atoms with Gasteiger partial charge in [0.2, 0.25) is 0 Å². The van der Waals surface area contributed by atoms with Crippen LogP contribution in [0, 0.1) is 5.82 Å². The number of carbonyl (C=O) groups excluding carboxylic acids is 1. The number of aromatic nitrogens is 2. The molecule has 0 aliphatic carbocycles. The van der Waals surface area contributed by atoms with Crippen molar-refractivity contribution in [1.29, 1.82) is 0 Å². The van der Waals surface area contributed by atoms with E-state index in [0.717, 1.165) is 11.3 Å². The van der Waals surface area contributed by atoms with Crippen molar-refractivity contribution in [3.8, 4) is 17.0 Å². The van der Waals surface area contributed by atoms with Crippen LogP contribution in [0.15, 0.2) is 54.9 Å². The Morgan fingerprint density at radius 2 is 1.96 bits per heavy atom. The molecular formula is C19H15ClFN3O2. The molecule has 0 atom stereocenters. The number of benzene rings is 2. The molecular weight excluding hydrogens is 357 g/mol. The van der Waals surface area contributed by atoms with Crippen LogP contribution in [-0.2, 0) is 6.54 Å². The van der Waals surface area contributed by atoms with E-state index in [-0.39, 0.29) is 17.1 Å². The highest BCUT2D eigenvalue weighted by atomic mass is 35.5. The molecule has 0 aliphatic heterocycles. The number of hydrogen-bond donors (Lipinski definition) is 1. The summed E-state index contributed by atoms with van der Waals surface area (Å²) in [6, 6.07) is 13.3. The number of methoxy groups -OCH3 is 1. The van der Waals surface area contributed by atoms with Gasteiger partial charge in [-0.05, 0) is 42.5 Å². The predicted octanol–water partition coefficient (Wildman–Crippen LogP) is 3.87. The number of halogens is 2. The Hall–Kier alpha value is -2.99. The molecule has 0 spiro atoms. The first-order valence-electron chi connectivity index (χ1n) is 7.76. The number of ether oxygens (including phenoxy) is 1. The minimum absolute atomic E-state index is 0.0594. The van der Waals surface area contributed by atoms with Crippen LogP contribution < -0.4 is 10.1 Å². The molecule has 0 unspecified atom stereocenters. The van der Waals surface area contributed by atoms with Gasteiger partial charge in [0.15, 0.2) is 0 Å². The largest absolute Gasteiger partial charge is 0.497 e. The van der Waals surface area contributed by atoms with Gasteiger partial charge in [0.25, 0.3) is 5.91 Å². The summed E-state index contributed by atoms with van der Waals surface area (Å²) in [6.45, 7) is 0.120. The SMILES string of the molecule is COc1ccc(-c2cc(CNC(=O)c3c(F)cccc3Cl)ncn2)cc1. The second kappa shape index (κ2) is 7.93. The fourth-order valence-corrected chi connectivity index (χ4v) is 2.64. The molecule has 2 aromatic carbocycles. The molecule has 1 amide bonds. The van der Waals surface area contributed by atoms with Crippen molar-refractivity contribution in [2.45, 2.75) is 6.54 Å². The van der Waals surface area contributed by atoms with E-state index in [0.29, 0.717) is 11.4 Å². The summed E-state index contributed by atoms with van der Waals surface area (Å²) in [7, 11) is 1.60. The van der Waals surface area contributed by atoms with Crippen molar-refractivity contribution >= 4 is 17.5 Å². The monoisotopic (exact) mass is 371 g/mol. The highest BCUT2D eigenvalue weighted by Gasteiger charge is 2.15. The summed E-state index contributed by atoms with van der Waals surface area (Å²) < 4.78 is 18.9. The van der Waals surface area contributed by atoms with Crippen LogP contribution >= 0.6 is 11.6 Å². The van der Waals surface area contributed by atoms with Gasteiger partial charge in [0, 0.05) is 5.56 Å². The van der Waals surface area contributed by atoms with Gasteiger partial charge in [-0.15, -0.1) is 0 Å². The number of rotatable bonds is 5. The van der Waals surface area contributed by atoms with Crippen LogP contribution in [0.25, 0.3) is 11.3 Å². The standard InChI is InChI=1S/C19H15ClFN3O2/c1-26-14-7-5-12(6-8-14)17-9-13(23-11-24-17)10-22-19(25)18-15(20)3-2-4-16(18)21/h2-9,11H,10H2,1H3,(H,22,25). The lowest BCUT2D eigenvalue weighted by Gasteiger charge is -2.08. The quantitative estimate of drug-likeness (QED) is 0.739. The average Bonchev–Trinajstić information content (AvgIpc) is 2.66. The van der Waals surface area contributed by atoms with Gasteiger partial charge in [-0.3, -0.25) is 4.79 Å². The molecule has 132 valence electrons. The normalized spacial score (nSPS) is 10.4. The van der Waals surface area contributed by atoms with Crippen molar-refractivity contribution in [2.24, 2.45) is 0 Å². The lowest BCUT2D eigenvalue weighted by atomic mass is 10.1. The van der Waals surface area contributed by atoms with E-state index >= 15 is 0 Å². The zero-order valence-corrected chi connectivity index (χ0v) is 14.6. The van der Waals surface area contributed by atoms with E-state index in [2.05, 4.69) is 15.3 Å². The van der Waals surface area contributed by atoms with E-state index in [1.54, 1.807) is 13.2 Å². The Kier molecular flexibility index (Phi) is 5.43. The molecule has 26 heavy (non-hydrogen) atoms. The van der Waals surface area contributed by atoms with E-state index in [4.69, 9.17) is 16.3 Å². The minimum Gasteiger partial charge on any atom is -0.497 e. The zero-order valence-electron chi connectivity index (χ0n) is 13.9. The minimum atomic E-state index is -0.670. The Bertz CT molecular complexity index is 912. The molecule has 5 nitrogen and oxygen atoms in total. The fraction of sp³-hybridized carbons (Fsp3) is 0.105. The third kappa shape index (κ3) is 3.97. The van der Waals surface area contributed by atoms with Crippen LogP contribution in [0.5, 0.6) is 5.75 Å². The van der Waals surface area contributed by atoms with Gasteiger partial charge in [-0.2, -0.15) is 0 Å². The molecule has 1 heterocycles. The fourth-order valence-electron chi connectivity index (χ4n) is 2.39. The topological polar surface area (TPSA) is 64.1 Å². The summed E-state index contributed by atoms with van der Waals surface area (Å²) in [5, 5.41) is 2.68. The highest BCUT2D eigenvalue weighted by molar-refractivity contribution is 6.33. The molecule has 3 rings (SSSR count). The van der Waals surface area contributed by atoms with Gasteiger partial charge < -0.3 is 10.1 Å². The first-order chi connectivity index (χ1) is 12.6. The van der Waals surface area contributed by atoms with Crippen molar-refractivity contribution in [3.63, 3.8) is 0 Å². The predicted molar refractivity (Wildman–Crippen MR) is 96.6 cm³/mol. The van der Waals surface area contributed by atoms with Crippen molar-refractivity contribution in [3.05, 3.63) is 77.0 Å². The van der Waals surface area contributed by atoms with Crippen molar-refractivity contribution < 1.29 is 13.9 Å². The zero-order chi connectivity index (χ0) is 18.5. The van der Waals surface area contributed by atoms with Crippen LogP contribution in [0.3, 0.4) is 0 Å². The lowest BCUT2D eigenvalue weighted by molar-refractivity contribution is 0.0946. The molecule has 0 bridgehead atoms. The van der Waals surface area contributed by atoms with Crippen LogP contribution in [0.2, 0.25) is 5.02 Å². The number of carbonyl (C=O) groups is 1. The molecule has 0 saturated heterocycles. The molecule has 0 fully saturated rings. The number of nitrogens with zero attached hydrogens (tertiary/aromatic N) is 2. The average molecular weight is 372 g/mol. The Labute approximate surface area is 154 Å². The molecule has 0 aliphatic rings. The van der Waals surface area contributed by atoms with Gasteiger partial charge in [-0.1, -0.05) is 17.7 Å². The third-order valence-corrected chi connectivity index (χ3v) is 4.04. The number of hydrogen-bond acceptors (Lipinski definition) is 4. The molecule has 0 radical (unpaired) electrons. The first-order valence-corrected chi connectivity index (χ1v) is 8.14. The van der Waals surface area contributed by atoms with Gasteiger partial charge in [0.05, 0.1) is 35.6 Å². The van der Waals surface area contributed by atoms with E-state index in [9.17, 15) is 9.18 Å². The van der Waals surface area contributed by atoms with Gasteiger partial charge in [-0.25, -0.2) is 14.4 Å². The number of nitrogens with one attached hydrogen (secondary N) is 1. The van der Waals surface area contributed by atoms with E-state index < -0.39 is 11.7 Å². The summed E-state index contributed by atoms with van der Waals surface area (Å²) in [6.07, 6.45) is 1.41. The summed E-state index contributed by atoms with van der Waals surface area (Å²) in [5.74, 6) is -0.522. The molecule has 3 aromatic rings. The van der Waals surface area contributed by atoms with Gasteiger partial charge in [0.1, 0.15) is 17.9 Å². The van der Waals surface area contributed by atoms with Crippen LogP contribution in [0.1, 0.15) is 16.1 Å². The maximum Gasteiger partial charge on any atom is 0.256 e. The van der Waals surface area contributed by atoms with Crippen LogP contribution in [-0.4, -0.2) is 23.0 Å². The van der Waals surface area contributed by atoms with E-state index in [1.165, 1.54) is 24.5 Å². The second-order valence-electron chi connectivity index (χ2n) is 5.40. The number of amides is 1. The summed E-state index contributed by atoms with van der Waals surface area (Å²) in [4.78, 5) is 20.6. The second-order valence-corrected chi connectivity index (χ2v) is 5.81. The van der Waals surface area contributed by atoms with Crippen molar-refractivity contribution in [2.75, 3.05) is 7.11 Å². The Morgan fingerprint density at radius 3 is 2.65 bits per heavy atom. The maximum atomic E-state index is 13.8. The molecule has 1 N–H and O–H groups in total. The molecule has 1 aromatic heterocycles. The van der Waals surface area contributed by atoms with Crippen LogP contribution in [0.4, 0.5) is 4.39 Å². The van der Waals surface area contributed by atoms with Gasteiger partial charge >= 0.3 is 0 Å². The summed E-state index contributed by atoms with van der Waals surface area (Å²) in [5.41, 5.74) is 2.00.